The van der Waals surface area contributed by atoms with Crippen molar-refractivity contribution in [2.75, 3.05) is 9.80 Å². The van der Waals surface area contributed by atoms with E-state index in [4.69, 9.17) is 0 Å². The van der Waals surface area contributed by atoms with Crippen LogP contribution in [0.1, 0.15) is 13.3 Å². The van der Waals surface area contributed by atoms with E-state index in [1.165, 1.54) is 55.3 Å². The fourth-order valence-electron chi connectivity index (χ4n) is 8.99. The molecule has 2 heteroatoms. The van der Waals surface area contributed by atoms with Gasteiger partial charge in [0.25, 0.3) is 0 Å². The molecule has 0 amide bonds. The Morgan fingerprint density at radius 2 is 0.938 bits per heavy atom. The van der Waals surface area contributed by atoms with Crippen molar-refractivity contribution in [1.82, 2.24) is 0 Å². The van der Waals surface area contributed by atoms with Gasteiger partial charge in [0, 0.05) is 34.2 Å². The molecular weight excluding hydrogens is 785 g/mol. The van der Waals surface area contributed by atoms with E-state index in [-0.39, 0.29) is 6.04 Å². The van der Waals surface area contributed by atoms with E-state index in [2.05, 4.69) is 284 Å². The Kier molecular flexibility index (Phi) is 12.0. The maximum atomic E-state index is 2.45. The van der Waals surface area contributed by atoms with Crippen LogP contribution in [0.3, 0.4) is 0 Å². The van der Waals surface area contributed by atoms with Crippen molar-refractivity contribution in [3.8, 4) is 44.5 Å². The third-order valence-corrected chi connectivity index (χ3v) is 12.3. The molecule has 10 rings (SSSR count). The third-order valence-electron chi connectivity index (χ3n) is 12.3. The predicted molar refractivity (Wildman–Crippen MR) is 279 cm³/mol. The molecule has 0 heterocycles. The van der Waals surface area contributed by atoms with Gasteiger partial charge in [0.05, 0.1) is 5.69 Å². The number of hydrogen-bond donors (Lipinski definition) is 0. The summed E-state index contributed by atoms with van der Waals surface area (Å²) < 4.78 is 0. The number of hydrogen-bond acceptors (Lipinski definition) is 2. The fourth-order valence-corrected chi connectivity index (χ4v) is 8.99. The lowest BCUT2D eigenvalue weighted by atomic mass is 9.93. The van der Waals surface area contributed by atoms with Crippen molar-refractivity contribution >= 4 is 39.2 Å². The van der Waals surface area contributed by atoms with Gasteiger partial charge in [0.15, 0.2) is 0 Å². The molecule has 0 spiro atoms. The SMILES string of the molecule is CC(/C=C\C=C1\C=CC=CC1)N(c1ccc(-c2ccc(N(c3ccc(-c4ccccc4)cc3)c3cccc4ccccc34)cc2)cc1)c1ccc(-c2ccccc2)c(-c2ccccc2)c1. The molecule has 0 aromatic heterocycles. The molecule has 1 atom stereocenters. The van der Waals surface area contributed by atoms with Crippen LogP contribution in [-0.4, -0.2) is 6.04 Å². The normalized spacial score (nSPS) is 13.3. The molecular formula is C63H50N2. The average molecular weight is 835 g/mol. The van der Waals surface area contributed by atoms with Crippen molar-refractivity contribution in [2.24, 2.45) is 0 Å². The quantitative estimate of drug-likeness (QED) is 0.121. The van der Waals surface area contributed by atoms with Crippen LogP contribution in [0.5, 0.6) is 0 Å². The Morgan fingerprint density at radius 3 is 1.54 bits per heavy atom. The van der Waals surface area contributed by atoms with Crippen LogP contribution in [0.2, 0.25) is 0 Å². The Morgan fingerprint density at radius 1 is 0.431 bits per heavy atom. The Labute approximate surface area is 383 Å². The number of anilines is 5. The van der Waals surface area contributed by atoms with Crippen LogP contribution in [0.25, 0.3) is 55.3 Å². The second kappa shape index (κ2) is 19.0. The summed E-state index contributed by atoms with van der Waals surface area (Å²) in [5, 5.41) is 2.42. The van der Waals surface area contributed by atoms with E-state index in [1.807, 2.05) is 0 Å². The number of allylic oxidation sites excluding steroid dienone is 7. The first-order valence-electron chi connectivity index (χ1n) is 22.5. The smallest absolute Gasteiger partial charge is 0.0540 e. The minimum atomic E-state index is 0.0631. The van der Waals surface area contributed by atoms with Crippen molar-refractivity contribution in [2.45, 2.75) is 19.4 Å². The third kappa shape index (κ3) is 9.02. The lowest BCUT2D eigenvalue weighted by Gasteiger charge is -2.31. The summed E-state index contributed by atoms with van der Waals surface area (Å²) in [6, 6.07) is 81.2. The van der Waals surface area contributed by atoms with Crippen molar-refractivity contribution in [3.05, 3.63) is 273 Å². The zero-order valence-electron chi connectivity index (χ0n) is 36.6. The highest BCUT2D eigenvalue weighted by molar-refractivity contribution is 5.99. The van der Waals surface area contributed by atoms with Crippen molar-refractivity contribution in [3.63, 3.8) is 0 Å². The molecule has 9 aromatic carbocycles. The highest BCUT2D eigenvalue weighted by atomic mass is 15.2. The maximum absolute atomic E-state index is 2.45. The summed E-state index contributed by atoms with van der Waals surface area (Å²) in [7, 11) is 0. The van der Waals surface area contributed by atoms with Gasteiger partial charge in [-0.1, -0.05) is 212 Å². The van der Waals surface area contributed by atoms with E-state index in [1.54, 1.807) is 0 Å². The summed E-state index contributed by atoms with van der Waals surface area (Å²) in [5.41, 5.74) is 16.5. The Bertz CT molecular complexity index is 3140. The first kappa shape index (κ1) is 40.8. The van der Waals surface area contributed by atoms with Gasteiger partial charge < -0.3 is 9.80 Å². The average Bonchev–Trinajstić information content (AvgIpc) is 3.38. The van der Waals surface area contributed by atoms with E-state index in [0.29, 0.717) is 0 Å². The monoisotopic (exact) mass is 834 g/mol. The standard InChI is InChI=1S/C63H50N2/c1-47(18-16-21-48-19-6-2-7-20-48)64(59-44-45-60(53-24-10-4-11-25-53)62(46-59)55-26-12-5-13-27-55)56-38-32-51(33-39-56)52-36-42-58(43-37-52)65(63-31-17-29-54-28-14-15-30-61(54)63)57-40-34-50(35-41-57)49-22-8-3-9-23-49/h2-19,21-47H,20H2,1H3/b18-16-,48-21-. The van der Waals surface area contributed by atoms with Crippen LogP contribution in [0.15, 0.2) is 273 Å². The Balaban J connectivity index is 0.997. The number of nitrogens with zero attached hydrogens (tertiary/aromatic N) is 2. The van der Waals surface area contributed by atoms with E-state index in [9.17, 15) is 0 Å². The zero-order valence-corrected chi connectivity index (χ0v) is 36.6. The molecule has 1 aliphatic rings. The molecule has 0 saturated heterocycles. The van der Waals surface area contributed by atoms with Gasteiger partial charge in [0.1, 0.15) is 0 Å². The summed E-state index contributed by atoms with van der Waals surface area (Å²) in [6.45, 7) is 2.28. The topological polar surface area (TPSA) is 6.48 Å². The molecule has 0 N–H and O–H groups in total. The maximum Gasteiger partial charge on any atom is 0.0540 e. The molecule has 2 nitrogen and oxygen atoms in total. The van der Waals surface area contributed by atoms with Gasteiger partial charge in [-0.2, -0.15) is 0 Å². The molecule has 312 valence electrons. The van der Waals surface area contributed by atoms with Gasteiger partial charge in [-0.3, -0.25) is 0 Å². The fraction of sp³-hybridized carbons (Fsp3) is 0.0476. The van der Waals surface area contributed by atoms with E-state index < -0.39 is 0 Å². The lowest BCUT2D eigenvalue weighted by molar-refractivity contribution is 0.864. The molecule has 1 unspecified atom stereocenters. The van der Waals surface area contributed by atoms with Crippen LogP contribution in [-0.2, 0) is 0 Å². The van der Waals surface area contributed by atoms with Gasteiger partial charge in [-0.05, 0) is 123 Å². The van der Waals surface area contributed by atoms with Gasteiger partial charge >= 0.3 is 0 Å². The lowest BCUT2D eigenvalue weighted by Crippen LogP contribution is -2.26. The summed E-state index contributed by atoms with van der Waals surface area (Å²) in [4.78, 5) is 4.82. The largest absolute Gasteiger partial charge is 0.335 e. The summed E-state index contributed by atoms with van der Waals surface area (Å²) in [6.07, 6.45) is 16.3. The second-order valence-corrected chi connectivity index (χ2v) is 16.5. The van der Waals surface area contributed by atoms with Crippen LogP contribution >= 0.6 is 0 Å². The first-order valence-corrected chi connectivity index (χ1v) is 22.5. The molecule has 0 saturated carbocycles. The molecule has 0 bridgehead atoms. The minimum Gasteiger partial charge on any atom is -0.335 e. The Hall–Kier alpha value is -8.20. The van der Waals surface area contributed by atoms with Crippen LogP contribution < -0.4 is 9.80 Å². The molecule has 65 heavy (non-hydrogen) atoms. The molecule has 9 aromatic rings. The van der Waals surface area contributed by atoms with Crippen molar-refractivity contribution in [1.29, 1.82) is 0 Å². The number of fused-ring (bicyclic) bond motifs is 1. The molecule has 0 radical (unpaired) electrons. The molecule has 1 aliphatic carbocycles. The molecule has 0 fully saturated rings. The van der Waals surface area contributed by atoms with E-state index in [0.717, 1.165) is 40.4 Å². The first-order chi connectivity index (χ1) is 32.2. The van der Waals surface area contributed by atoms with Gasteiger partial charge in [0.2, 0.25) is 0 Å². The van der Waals surface area contributed by atoms with Crippen molar-refractivity contribution < 1.29 is 0 Å². The van der Waals surface area contributed by atoms with E-state index >= 15 is 0 Å². The molecule has 0 aliphatic heterocycles. The van der Waals surface area contributed by atoms with Crippen LogP contribution in [0, 0.1) is 0 Å². The second-order valence-electron chi connectivity index (χ2n) is 16.5. The summed E-state index contributed by atoms with van der Waals surface area (Å²) in [5.74, 6) is 0. The number of rotatable bonds is 12. The highest BCUT2D eigenvalue weighted by Gasteiger charge is 2.19. The highest BCUT2D eigenvalue weighted by Crippen LogP contribution is 2.42. The summed E-state index contributed by atoms with van der Waals surface area (Å²) >= 11 is 0. The van der Waals surface area contributed by atoms with Gasteiger partial charge in [-0.15, -0.1) is 0 Å². The minimum absolute atomic E-state index is 0.0631. The zero-order chi connectivity index (χ0) is 43.8. The number of benzene rings is 9. The van der Waals surface area contributed by atoms with Gasteiger partial charge in [-0.25, -0.2) is 0 Å². The van der Waals surface area contributed by atoms with Crippen LogP contribution in [0.4, 0.5) is 28.4 Å². The predicted octanol–water partition coefficient (Wildman–Crippen LogP) is 17.5.